The first-order chi connectivity index (χ1) is 16.0. The highest BCUT2D eigenvalue weighted by molar-refractivity contribution is 7.99. The molecule has 0 bridgehead atoms. The molecule has 8 nitrogen and oxygen atoms in total. The molecule has 174 valence electrons. The fourth-order valence-corrected chi connectivity index (χ4v) is 5.57. The number of carbonyl (C=O) groups excluding carboxylic acids is 1. The van der Waals surface area contributed by atoms with Crippen LogP contribution in [-0.2, 0) is 4.79 Å². The van der Waals surface area contributed by atoms with Crippen molar-refractivity contribution in [1.29, 1.82) is 0 Å². The molecule has 0 spiro atoms. The van der Waals surface area contributed by atoms with Crippen molar-refractivity contribution in [3.8, 4) is 0 Å². The van der Waals surface area contributed by atoms with Crippen LogP contribution in [-0.4, -0.2) is 65.7 Å². The zero-order valence-electron chi connectivity index (χ0n) is 17.9. The molecule has 1 aliphatic rings. The SMILES string of the molecule is O=C(CCSc1ccc(Cl)cc1)NCCN1CCN(c2nc3ccc([N+](=O)[O-])cc3s2)CC1. The predicted octanol–water partition coefficient (Wildman–Crippen LogP) is 4.28. The Morgan fingerprint density at radius 2 is 1.94 bits per heavy atom. The Bertz CT molecular complexity index is 1120. The van der Waals surface area contributed by atoms with Crippen LogP contribution in [0.5, 0.6) is 0 Å². The van der Waals surface area contributed by atoms with Gasteiger partial charge in [0.05, 0.1) is 15.1 Å². The van der Waals surface area contributed by atoms with Crippen LogP contribution in [0.3, 0.4) is 0 Å². The molecule has 4 rings (SSSR count). The third-order valence-corrected chi connectivity index (χ3v) is 7.72. The number of piperazine rings is 1. The van der Waals surface area contributed by atoms with E-state index < -0.39 is 0 Å². The van der Waals surface area contributed by atoms with Crippen LogP contribution in [0, 0.1) is 10.1 Å². The summed E-state index contributed by atoms with van der Waals surface area (Å²) in [7, 11) is 0. The van der Waals surface area contributed by atoms with Gasteiger partial charge in [-0.25, -0.2) is 4.98 Å². The topological polar surface area (TPSA) is 91.6 Å². The van der Waals surface area contributed by atoms with Crippen LogP contribution >= 0.6 is 34.7 Å². The molecular formula is C22H24ClN5O3S2. The van der Waals surface area contributed by atoms with Gasteiger partial charge in [0, 0.05) is 73.5 Å². The number of nitrogens with one attached hydrogen (secondary N) is 1. The Hall–Kier alpha value is -2.40. The second kappa shape index (κ2) is 11.1. The van der Waals surface area contributed by atoms with Crippen LogP contribution in [0.4, 0.5) is 10.8 Å². The molecular weight excluding hydrogens is 482 g/mol. The monoisotopic (exact) mass is 505 g/mol. The molecule has 1 aliphatic heterocycles. The molecule has 0 unspecified atom stereocenters. The number of aromatic nitrogens is 1. The highest BCUT2D eigenvalue weighted by Crippen LogP contribution is 2.31. The number of nitrogens with zero attached hydrogens (tertiary/aromatic N) is 4. The number of hydrogen-bond donors (Lipinski definition) is 1. The molecule has 1 aromatic heterocycles. The van der Waals surface area contributed by atoms with Crippen molar-refractivity contribution in [2.75, 3.05) is 49.9 Å². The largest absolute Gasteiger partial charge is 0.355 e. The highest BCUT2D eigenvalue weighted by Gasteiger charge is 2.20. The van der Waals surface area contributed by atoms with E-state index in [4.69, 9.17) is 11.6 Å². The average Bonchev–Trinajstić information content (AvgIpc) is 3.24. The van der Waals surface area contributed by atoms with Crippen LogP contribution < -0.4 is 10.2 Å². The summed E-state index contributed by atoms with van der Waals surface area (Å²) in [4.78, 5) is 33.0. The summed E-state index contributed by atoms with van der Waals surface area (Å²) in [6, 6.07) is 12.4. The van der Waals surface area contributed by atoms with Crippen molar-refractivity contribution >= 4 is 61.6 Å². The van der Waals surface area contributed by atoms with Crippen molar-refractivity contribution in [1.82, 2.24) is 15.2 Å². The van der Waals surface area contributed by atoms with Crippen molar-refractivity contribution in [3.63, 3.8) is 0 Å². The summed E-state index contributed by atoms with van der Waals surface area (Å²) in [5.74, 6) is 0.802. The van der Waals surface area contributed by atoms with Crippen molar-refractivity contribution in [3.05, 3.63) is 57.6 Å². The van der Waals surface area contributed by atoms with Crippen molar-refractivity contribution in [2.45, 2.75) is 11.3 Å². The lowest BCUT2D eigenvalue weighted by atomic mass is 10.3. The normalized spacial score (nSPS) is 14.5. The Labute approximate surface area is 205 Å². The molecule has 0 atom stereocenters. The maximum atomic E-state index is 12.1. The van der Waals surface area contributed by atoms with Crippen LogP contribution in [0.25, 0.3) is 10.2 Å². The minimum Gasteiger partial charge on any atom is -0.355 e. The number of nitro benzene ring substituents is 1. The van der Waals surface area contributed by atoms with Crippen molar-refractivity contribution < 1.29 is 9.72 Å². The average molecular weight is 506 g/mol. The van der Waals surface area contributed by atoms with E-state index in [2.05, 4.69) is 20.1 Å². The number of thiazole rings is 1. The van der Waals surface area contributed by atoms with Gasteiger partial charge in [-0.15, -0.1) is 11.8 Å². The number of anilines is 1. The second-order valence-electron chi connectivity index (χ2n) is 7.64. The maximum Gasteiger partial charge on any atom is 0.270 e. The maximum absolute atomic E-state index is 12.1. The van der Waals surface area contributed by atoms with E-state index in [-0.39, 0.29) is 16.5 Å². The van der Waals surface area contributed by atoms with Gasteiger partial charge in [0.15, 0.2) is 5.13 Å². The Morgan fingerprint density at radius 1 is 1.18 bits per heavy atom. The van der Waals surface area contributed by atoms with Gasteiger partial charge >= 0.3 is 0 Å². The molecule has 1 amide bonds. The minimum atomic E-state index is -0.380. The summed E-state index contributed by atoms with van der Waals surface area (Å²) in [5.41, 5.74) is 0.883. The third kappa shape index (κ3) is 6.57. The molecule has 1 saturated heterocycles. The number of halogens is 1. The molecule has 1 fully saturated rings. The van der Waals surface area contributed by atoms with Crippen molar-refractivity contribution in [2.24, 2.45) is 0 Å². The van der Waals surface area contributed by atoms with Gasteiger partial charge in [-0.1, -0.05) is 22.9 Å². The fourth-order valence-electron chi connectivity index (χ4n) is 3.55. The second-order valence-corrected chi connectivity index (χ2v) is 10.3. The van der Waals surface area contributed by atoms with E-state index in [1.54, 1.807) is 23.9 Å². The van der Waals surface area contributed by atoms with Gasteiger partial charge in [-0.3, -0.25) is 19.8 Å². The molecule has 0 radical (unpaired) electrons. The number of carbonyl (C=O) groups is 1. The molecule has 2 heterocycles. The summed E-state index contributed by atoms with van der Waals surface area (Å²) >= 11 is 9.02. The standard InChI is InChI=1S/C22H24ClN5O3S2/c23-16-1-4-18(5-2-16)32-14-7-21(29)24-8-9-26-10-12-27(13-11-26)22-25-19-6-3-17(28(30)31)15-20(19)33-22/h1-6,15H,7-14H2,(H,24,29). The predicted molar refractivity (Wildman–Crippen MR) is 135 cm³/mol. The molecule has 33 heavy (non-hydrogen) atoms. The molecule has 3 aromatic rings. The smallest absolute Gasteiger partial charge is 0.270 e. The third-order valence-electron chi connectivity index (χ3n) is 5.38. The van der Waals surface area contributed by atoms with Gasteiger partial charge in [-0.2, -0.15) is 0 Å². The zero-order valence-corrected chi connectivity index (χ0v) is 20.3. The van der Waals surface area contributed by atoms with Crippen LogP contribution in [0.2, 0.25) is 5.02 Å². The molecule has 1 N–H and O–H groups in total. The highest BCUT2D eigenvalue weighted by atomic mass is 35.5. The van der Waals surface area contributed by atoms with Gasteiger partial charge in [0.25, 0.3) is 5.69 Å². The van der Waals surface area contributed by atoms with E-state index in [9.17, 15) is 14.9 Å². The first kappa shape index (κ1) is 23.7. The summed E-state index contributed by atoms with van der Waals surface area (Å²) in [6.45, 7) is 4.91. The molecule has 0 aliphatic carbocycles. The number of amides is 1. The van der Waals surface area contributed by atoms with E-state index in [1.807, 2.05) is 24.3 Å². The molecule has 2 aromatic carbocycles. The number of fused-ring (bicyclic) bond motifs is 1. The number of thioether (sulfide) groups is 1. The Balaban J connectivity index is 1.15. The van der Waals surface area contributed by atoms with Crippen LogP contribution in [0.15, 0.2) is 47.4 Å². The Kier molecular flexibility index (Phi) is 8.02. The first-order valence-electron chi connectivity index (χ1n) is 10.7. The van der Waals surface area contributed by atoms with Gasteiger partial charge < -0.3 is 10.2 Å². The number of nitro groups is 1. The lowest BCUT2D eigenvalue weighted by molar-refractivity contribution is -0.384. The zero-order chi connectivity index (χ0) is 23.2. The summed E-state index contributed by atoms with van der Waals surface area (Å²) in [5, 5.41) is 15.6. The number of non-ortho nitro benzene ring substituents is 1. The lowest BCUT2D eigenvalue weighted by Crippen LogP contribution is -2.48. The van der Waals surface area contributed by atoms with Gasteiger partial charge in [0.2, 0.25) is 5.91 Å². The minimum absolute atomic E-state index is 0.0682. The number of benzene rings is 2. The molecule has 0 saturated carbocycles. The summed E-state index contributed by atoms with van der Waals surface area (Å²) in [6.07, 6.45) is 0.483. The first-order valence-corrected chi connectivity index (χ1v) is 12.8. The lowest BCUT2D eigenvalue weighted by Gasteiger charge is -2.34. The van der Waals surface area contributed by atoms with E-state index >= 15 is 0 Å². The molecule has 11 heteroatoms. The van der Waals surface area contributed by atoms with E-state index in [1.165, 1.54) is 17.4 Å². The number of hydrogen-bond acceptors (Lipinski definition) is 8. The fraction of sp³-hybridized carbons (Fsp3) is 0.364. The Morgan fingerprint density at radius 3 is 2.67 bits per heavy atom. The number of rotatable bonds is 9. The van der Waals surface area contributed by atoms with E-state index in [0.29, 0.717) is 18.0 Å². The van der Waals surface area contributed by atoms with Gasteiger partial charge in [0.1, 0.15) is 0 Å². The summed E-state index contributed by atoms with van der Waals surface area (Å²) < 4.78 is 0.832. The van der Waals surface area contributed by atoms with Gasteiger partial charge in [-0.05, 0) is 30.3 Å². The van der Waals surface area contributed by atoms with E-state index in [0.717, 1.165) is 58.7 Å². The van der Waals surface area contributed by atoms with Crippen LogP contribution in [0.1, 0.15) is 6.42 Å². The quantitative estimate of drug-likeness (QED) is 0.263.